The Balaban J connectivity index is 1.44. The van der Waals surface area contributed by atoms with Crippen LogP contribution in [0.25, 0.3) is 0 Å². The van der Waals surface area contributed by atoms with Gasteiger partial charge in [0, 0.05) is 31.1 Å². The molecule has 2 unspecified atom stereocenters. The van der Waals surface area contributed by atoms with Crippen molar-refractivity contribution in [3.05, 3.63) is 12.2 Å². The number of fused-ring (bicyclic) bond motifs is 2. The first kappa shape index (κ1) is 11.2. The SMILES string of the molecule is CN1C2CCC1CC(NCCc1ncno1)C2. The van der Waals surface area contributed by atoms with Crippen molar-refractivity contribution in [2.24, 2.45) is 0 Å². The van der Waals surface area contributed by atoms with E-state index >= 15 is 0 Å². The van der Waals surface area contributed by atoms with E-state index in [9.17, 15) is 0 Å². The molecule has 5 heteroatoms. The van der Waals surface area contributed by atoms with Gasteiger partial charge < -0.3 is 14.7 Å². The molecular weight excluding hydrogens is 216 g/mol. The van der Waals surface area contributed by atoms with Crippen molar-refractivity contribution in [1.82, 2.24) is 20.4 Å². The maximum atomic E-state index is 4.99. The molecule has 0 radical (unpaired) electrons. The maximum absolute atomic E-state index is 4.99. The summed E-state index contributed by atoms with van der Waals surface area (Å²) in [5.74, 6) is 0.730. The number of nitrogens with one attached hydrogen (secondary N) is 1. The first-order valence-electron chi connectivity index (χ1n) is 6.54. The van der Waals surface area contributed by atoms with E-state index in [0.717, 1.165) is 30.9 Å². The second kappa shape index (κ2) is 4.74. The predicted octanol–water partition coefficient (Wildman–Crippen LogP) is 0.827. The van der Waals surface area contributed by atoms with Crippen molar-refractivity contribution in [2.75, 3.05) is 13.6 Å². The van der Waals surface area contributed by atoms with Crippen molar-refractivity contribution >= 4 is 0 Å². The van der Waals surface area contributed by atoms with Crippen molar-refractivity contribution in [3.8, 4) is 0 Å². The summed E-state index contributed by atoms with van der Waals surface area (Å²) < 4.78 is 4.99. The van der Waals surface area contributed by atoms with Gasteiger partial charge in [-0.3, -0.25) is 0 Å². The molecule has 2 atom stereocenters. The summed E-state index contributed by atoms with van der Waals surface area (Å²) in [6.45, 7) is 0.940. The zero-order valence-corrected chi connectivity index (χ0v) is 10.3. The lowest BCUT2D eigenvalue weighted by molar-refractivity contribution is 0.149. The minimum Gasteiger partial charge on any atom is -0.340 e. The van der Waals surface area contributed by atoms with Crippen molar-refractivity contribution in [1.29, 1.82) is 0 Å². The maximum Gasteiger partial charge on any atom is 0.227 e. The Labute approximate surface area is 102 Å². The summed E-state index contributed by atoms with van der Waals surface area (Å²) in [6.07, 6.45) is 7.63. The first-order chi connectivity index (χ1) is 8.33. The van der Waals surface area contributed by atoms with Crippen molar-refractivity contribution < 1.29 is 4.52 Å². The third kappa shape index (κ3) is 2.35. The van der Waals surface area contributed by atoms with Gasteiger partial charge in [0.2, 0.25) is 5.89 Å². The standard InChI is InChI=1S/C12H20N4O/c1-16-10-2-3-11(16)7-9(6-10)13-5-4-12-14-8-15-17-12/h8-11,13H,2-7H2,1H3. The van der Waals surface area contributed by atoms with Crippen LogP contribution in [0.5, 0.6) is 0 Å². The normalized spacial score (nSPS) is 33.1. The average Bonchev–Trinajstić information content (AvgIpc) is 2.87. The van der Waals surface area contributed by atoms with E-state index in [4.69, 9.17) is 4.52 Å². The second-order valence-corrected chi connectivity index (χ2v) is 5.26. The highest BCUT2D eigenvalue weighted by molar-refractivity contribution is 4.96. The van der Waals surface area contributed by atoms with E-state index in [-0.39, 0.29) is 0 Å². The fraction of sp³-hybridized carbons (Fsp3) is 0.833. The molecule has 17 heavy (non-hydrogen) atoms. The zero-order chi connectivity index (χ0) is 11.7. The van der Waals surface area contributed by atoms with Gasteiger partial charge >= 0.3 is 0 Å². The average molecular weight is 236 g/mol. The smallest absolute Gasteiger partial charge is 0.227 e. The van der Waals surface area contributed by atoms with E-state index in [2.05, 4.69) is 27.4 Å². The number of rotatable bonds is 4. The Bertz CT molecular complexity index is 339. The highest BCUT2D eigenvalue weighted by atomic mass is 16.5. The number of aromatic nitrogens is 2. The van der Waals surface area contributed by atoms with Crippen LogP contribution in [0.1, 0.15) is 31.6 Å². The molecule has 0 amide bonds. The monoisotopic (exact) mass is 236 g/mol. The van der Waals surface area contributed by atoms with Crippen LogP contribution in [0, 0.1) is 0 Å². The molecule has 3 heterocycles. The lowest BCUT2D eigenvalue weighted by Crippen LogP contribution is -2.47. The second-order valence-electron chi connectivity index (χ2n) is 5.26. The summed E-state index contributed by atoms with van der Waals surface area (Å²) in [6, 6.07) is 2.27. The van der Waals surface area contributed by atoms with Gasteiger partial charge in [0.25, 0.3) is 0 Å². The van der Waals surface area contributed by atoms with Gasteiger partial charge in [-0.25, -0.2) is 0 Å². The molecule has 2 saturated heterocycles. The Hall–Kier alpha value is -0.940. The topological polar surface area (TPSA) is 54.2 Å². The molecule has 0 aromatic carbocycles. The molecular formula is C12H20N4O. The van der Waals surface area contributed by atoms with Gasteiger partial charge in [0.15, 0.2) is 6.33 Å². The van der Waals surface area contributed by atoms with Crippen LogP contribution in [0.4, 0.5) is 0 Å². The van der Waals surface area contributed by atoms with Crippen molar-refractivity contribution in [2.45, 2.75) is 50.2 Å². The summed E-state index contributed by atoms with van der Waals surface area (Å²) in [5.41, 5.74) is 0. The van der Waals surface area contributed by atoms with E-state index in [1.165, 1.54) is 32.0 Å². The van der Waals surface area contributed by atoms with Gasteiger partial charge in [-0.05, 0) is 32.7 Å². The van der Waals surface area contributed by atoms with Gasteiger partial charge in [0.05, 0.1) is 0 Å². The molecule has 94 valence electrons. The lowest BCUT2D eigenvalue weighted by atomic mass is 9.98. The first-order valence-corrected chi connectivity index (χ1v) is 6.54. The quantitative estimate of drug-likeness (QED) is 0.839. The predicted molar refractivity (Wildman–Crippen MR) is 63.6 cm³/mol. The lowest BCUT2D eigenvalue weighted by Gasteiger charge is -2.36. The molecule has 2 bridgehead atoms. The highest BCUT2D eigenvalue weighted by Crippen LogP contribution is 2.34. The van der Waals surface area contributed by atoms with E-state index in [1.54, 1.807) is 0 Å². The van der Waals surface area contributed by atoms with Gasteiger partial charge in [-0.1, -0.05) is 5.16 Å². The summed E-state index contributed by atoms with van der Waals surface area (Å²) in [7, 11) is 2.27. The van der Waals surface area contributed by atoms with Crippen molar-refractivity contribution in [3.63, 3.8) is 0 Å². The van der Waals surface area contributed by atoms with Crippen LogP contribution in [0.15, 0.2) is 10.9 Å². The van der Waals surface area contributed by atoms with Gasteiger partial charge in [-0.15, -0.1) is 0 Å². The molecule has 5 nitrogen and oxygen atoms in total. The molecule has 2 fully saturated rings. The minimum atomic E-state index is 0.673. The summed E-state index contributed by atoms with van der Waals surface area (Å²) >= 11 is 0. The number of hydrogen-bond acceptors (Lipinski definition) is 5. The molecule has 1 N–H and O–H groups in total. The van der Waals surface area contributed by atoms with E-state index in [1.807, 2.05) is 0 Å². The van der Waals surface area contributed by atoms with Crippen LogP contribution in [0.2, 0.25) is 0 Å². The van der Waals surface area contributed by atoms with Gasteiger partial charge in [-0.2, -0.15) is 4.98 Å². The molecule has 2 aliphatic heterocycles. The zero-order valence-electron chi connectivity index (χ0n) is 10.3. The van der Waals surface area contributed by atoms with Crippen LogP contribution >= 0.6 is 0 Å². The molecule has 2 aliphatic rings. The third-order valence-corrected chi connectivity index (χ3v) is 4.28. The van der Waals surface area contributed by atoms with E-state index in [0.29, 0.717) is 6.04 Å². The molecule has 0 spiro atoms. The van der Waals surface area contributed by atoms with Crippen LogP contribution in [0.3, 0.4) is 0 Å². The Kier molecular flexibility index (Phi) is 3.11. The van der Waals surface area contributed by atoms with Crippen LogP contribution in [-0.2, 0) is 6.42 Å². The largest absolute Gasteiger partial charge is 0.340 e. The Morgan fingerprint density at radius 1 is 1.41 bits per heavy atom. The number of piperidine rings is 1. The fourth-order valence-corrected chi connectivity index (χ4v) is 3.27. The third-order valence-electron chi connectivity index (χ3n) is 4.28. The molecule has 3 rings (SSSR count). The van der Waals surface area contributed by atoms with Crippen LogP contribution in [-0.4, -0.2) is 46.8 Å². The number of hydrogen-bond donors (Lipinski definition) is 1. The van der Waals surface area contributed by atoms with Crippen LogP contribution < -0.4 is 5.32 Å². The highest BCUT2D eigenvalue weighted by Gasteiger charge is 2.37. The molecule has 1 aromatic rings. The Morgan fingerprint density at radius 2 is 2.18 bits per heavy atom. The molecule has 1 aromatic heterocycles. The minimum absolute atomic E-state index is 0.673. The summed E-state index contributed by atoms with van der Waals surface area (Å²) in [5, 5.41) is 7.24. The van der Waals surface area contributed by atoms with E-state index < -0.39 is 0 Å². The fourth-order valence-electron chi connectivity index (χ4n) is 3.27. The van der Waals surface area contributed by atoms with Gasteiger partial charge in [0.1, 0.15) is 0 Å². The Morgan fingerprint density at radius 3 is 2.82 bits per heavy atom. The molecule has 0 saturated carbocycles. The molecule has 0 aliphatic carbocycles. The summed E-state index contributed by atoms with van der Waals surface area (Å²) in [4.78, 5) is 6.59. The number of nitrogens with zero attached hydrogens (tertiary/aromatic N) is 3.